The summed E-state index contributed by atoms with van der Waals surface area (Å²) in [4.78, 5) is 74.7. The lowest BCUT2D eigenvalue weighted by molar-refractivity contribution is -0.151. The van der Waals surface area contributed by atoms with Gasteiger partial charge >= 0.3 is 35.8 Å². The van der Waals surface area contributed by atoms with E-state index in [1.165, 1.54) is 6.07 Å². The van der Waals surface area contributed by atoms with Crippen molar-refractivity contribution in [2.24, 2.45) is 47.3 Å². The van der Waals surface area contributed by atoms with Crippen molar-refractivity contribution in [2.75, 3.05) is 26.4 Å². The van der Waals surface area contributed by atoms with Crippen molar-refractivity contribution in [3.05, 3.63) is 55.6 Å². The molecular formula is C52H68O13. The summed E-state index contributed by atoms with van der Waals surface area (Å²) in [5, 5.41) is 11.8. The molecular weight excluding hydrogens is 833 g/mol. The van der Waals surface area contributed by atoms with Gasteiger partial charge in [0.2, 0.25) is 0 Å². The normalized spacial score (nSPS) is 25.6. The molecule has 2 aromatic carbocycles. The van der Waals surface area contributed by atoms with E-state index in [1.807, 2.05) is 0 Å². The molecule has 13 heteroatoms. The molecule has 1 N–H and O–H groups in total. The van der Waals surface area contributed by atoms with Gasteiger partial charge in [0.25, 0.3) is 0 Å². The second-order valence-electron chi connectivity index (χ2n) is 18.5. The van der Waals surface area contributed by atoms with Gasteiger partial charge in [-0.3, -0.25) is 19.2 Å². The first-order chi connectivity index (χ1) is 31.5. The summed E-state index contributed by atoms with van der Waals surface area (Å²) in [7, 11) is 0. The summed E-state index contributed by atoms with van der Waals surface area (Å²) < 4.78 is 32.9. The number of aromatic hydroxyl groups is 1. The third-order valence-electron chi connectivity index (χ3n) is 14.5. The maximum absolute atomic E-state index is 13.6. The van der Waals surface area contributed by atoms with Crippen LogP contribution in [0, 0.1) is 47.3 Å². The third kappa shape index (κ3) is 14.1. The molecule has 0 bridgehead atoms. The quantitative estimate of drug-likeness (QED) is 0.0437. The van der Waals surface area contributed by atoms with Gasteiger partial charge in [-0.1, -0.05) is 25.3 Å². The fourth-order valence-electron chi connectivity index (χ4n) is 10.6. The molecule has 65 heavy (non-hydrogen) atoms. The lowest BCUT2D eigenvalue weighted by Crippen LogP contribution is -2.31. The Bertz CT molecular complexity index is 1960. The Morgan fingerprint density at radius 2 is 0.800 bits per heavy atom. The number of fused-ring (bicyclic) bond motifs is 1. The van der Waals surface area contributed by atoms with Crippen LogP contribution >= 0.6 is 0 Å². The van der Waals surface area contributed by atoms with Crippen LogP contribution in [0.25, 0.3) is 10.8 Å². The predicted octanol–water partition coefficient (Wildman–Crippen LogP) is 9.69. The van der Waals surface area contributed by atoms with E-state index in [1.54, 1.807) is 24.3 Å². The number of unbranched alkanes of at least 4 members (excludes halogenated alkanes) is 2. The van der Waals surface area contributed by atoms with Gasteiger partial charge < -0.3 is 33.5 Å². The zero-order chi connectivity index (χ0) is 46.1. The van der Waals surface area contributed by atoms with Crippen LogP contribution in [0.15, 0.2) is 55.6 Å². The molecule has 4 aliphatic rings. The molecule has 2 aromatic rings. The number of phenols is 1. The van der Waals surface area contributed by atoms with Crippen molar-refractivity contribution in [3.8, 4) is 17.2 Å². The van der Waals surface area contributed by atoms with Gasteiger partial charge in [0.1, 0.15) is 17.2 Å². The van der Waals surface area contributed by atoms with Crippen molar-refractivity contribution in [1.29, 1.82) is 0 Å². The van der Waals surface area contributed by atoms with Gasteiger partial charge in [0, 0.05) is 17.5 Å². The Morgan fingerprint density at radius 3 is 1.18 bits per heavy atom. The standard InChI is InChI=1S/C52H68O13/c1-3-46(54)60-30-5-7-32-62-49(56)38-20-12-34(13-21-38)36-16-24-40(25-17-36)51(58)64-44-28-29-45(48-42(44)10-9-11-43(48)53)65-52(59)41-26-18-37(19-27-41)35-14-22-39(23-15-35)50(57)63-33-8-6-31-61-47(55)4-2/h3-4,9-11,28-29,34-41,53H,1-2,5-8,12-27,30-33H2. The SMILES string of the molecule is C=CC(=O)OCCCCOC(=O)C1CCC(C2CCC(C(=O)Oc3ccc(OC(=O)C4CCC(C5CCC(C(=O)OCCCCOC(=O)C=C)CC5)CC4)c4c(O)cccc34)CC2)CC1. The number of benzene rings is 2. The average Bonchev–Trinajstić information content (AvgIpc) is 3.34. The number of hydrogen-bond acceptors (Lipinski definition) is 13. The second kappa shape index (κ2) is 24.9. The van der Waals surface area contributed by atoms with Gasteiger partial charge in [-0.05, 0) is 170 Å². The van der Waals surface area contributed by atoms with E-state index in [2.05, 4.69) is 13.2 Å². The van der Waals surface area contributed by atoms with Gasteiger partial charge in [-0.15, -0.1) is 0 Å². The van der Waals surface area contributed by atoms with Crippen LogP contribution in [-0.4, -0.2) is 67.3 Å². The molecule has 4 fully saturated rings. The minimum Gasteiger partial charge on any atom is -0.507 e. The molecule has 0 atom stereocenters. The molecule has 4 aliphatic carbocycles. The first-order valence-corrected chi connectivity index (χ1v) is 24.1. The summed E-state index contributed by atoms with van der Waals surface area (Å²) in [6, 6.07) is 8.22. The van der Waals surface area contributed by atoms with Crippen molar-refractivity contribution >= 4 is 46.6 Å². The maximum atomic E-state index is 13.6. The average molecular weight is 901 g/mol. The number of carbonyl (C=O) groups is 6. The first-order valence-electron chi connectivity index (χ1n) is 24.1. The number of rotatable bonds is 20. The predicted molar refractivity (Wildman–Crippen MR) is 241 cm³/mol. The van der Waals surface area contributed by atoms with Crippen LogP contribution in [0.3, 0.4) is 0 Å². The highest BCUT2D eigenvalue weighted by Crippen LogP contribution is 2.45. The number of ether oxygens (including phenoxy) is 6. The van der Waals surface area contributed by atoms with E-state index in [-0.39, 0.29) is 72.3 Å². The molecule has 0 amide bonds. The number of hydrogen-bond donors (Lipinski definition) is 1. The number of phenolic OH excluding ortho intramolecular Hbond substituents is 1. The van der Waals surface area contributed by atoms with Gasteiger partial charge in [-0.25, -0.2) is 9.59 Å². The highest BCUT2D eigenvalue weighted by atomic mass is 16.6. The summed E-state index contributed by atoms with van der Waals surface area (Å²) in [6.45, 7) is 7.93. The van der Waals surface area contributed by atoms with Crippen LogP contribution in [0.2, 0.25) is 0 Å². The van der Waals surface area contributed by atoms with E-state index in [0.717, 1.165) is 102 Å². The monoisotopic (exact) mass is 900 g/mol. The van der Waals surface area contributed by atoms with Crippen LogP contribution < -0.4 is 9.47 Å². The molecule has 354 valence electrons. The highest BCUT2D eigenvalue weighted by molar-refractivity contribution is 6.00. The lowest BCUT2D eigenvalue weighted by atomic mass is 9.69. The molecule has 6 rings (SSSR count). The molecule has 0 aromatic heterocycles. The van der Waals surface area contributed by atoms with E-state index < -0.39 is 11.9 Å². The number of carbonyl (C=O) groups excluding carboxylic acids is 6. The summed E-state index contributed by atoms with van der Waals surface area (Å²) >= 11 is 0. The molecule has 0 saturated heterocycles. The maximum Gasteiger partial charge on any atom is 0.330 e. The topological polar surface area (TPSA) is 178 Å². The molecule has 0 radical (unpaired) electrons. The molecule has 0 heterocycles. The molecule has 13 nitrogen and oxygen atoms in total. The van der Waals surface area contributed by atoms with Gasteiger partial charge in [0.15, 0.2) is 0 Å². The Hall–Kier alpha value is -5.20. The Morgan fingerprint density at radius 1 is 0.462 bits per heavy atom. The molecule has 4 saturated carbocycles. The minimum atomic E-state index is -0.455. The van der Waals surface area contributed by atoms with Crippen LogP contribution in [-0.2, 0) is 47.7 Å². The smallest absolute Gasteiger partial charge is 0.330 e. The summed E-state index contributed by atoms with van der Waals surface area (Å²) in [5.41, 5.74) is 0. The van der Waals surface area contributed by atoms with Crippen molar-refractivity contribution in [2.45, 2.75) is 128 Å². The van der Waals surface area contributed by atoms with E-state index in [4.69, 9.17) is 28.4 Å². The van der Waals surface area contributed by atoms with Crippen molar-refractivity contribution in [1.82, 2.24) is 0 Å². The zero-order valence-corrected chi connectivity index (χ0v) is 37.9. The fraction of sp³-hybridized carbons (Fsp3) is 0.615. The first kappa shape index (κ1) is 49.2. The van der Waals surface area contributed by atoms with Crippen molar-refractivity contribution < 1.29 is 62.3 Å². The van der Waals surface area contributed by atoms with Crippen LogP contribution in [0.5, 0.6) is 17.2 Å². The lowest BCUT2D eigenvalue weighted by Gasteiger charge is -2.36. The molecule has 0 spiro atoms. The Kier molecular flexibility index (Phi) is 18.9. The van der Waals surface area contributed by atoms with Gasteiger partial charge in [-0.2, -0.15) is 0 Å². The summed E-state index contributed by atoms with van der Waals surface area (Å²) in [6.07, 6.45) is 18.4. The fourth-order valence-corrected chi connectivity index (χ4v) is 10.6. The Balaban J connectivity index is 0.896. The third-order valence-corrected chi connectivity index (χ3v) is 14.5. The zero-order valence-electron chi connectivity index (χ0n) is 37.9. The van der Waals surface area contributed by atoms with Crippen LogP contribution in [0.1, 0.15) is 128 Å². The summed E-state index contributed by atoms with van der Waals surface area (Å²) in [5.74, 6) is 0.00322. The van der Waals surface area contributed by atoms with E-state index >= 15 is 0 Å². The Labute approximate surface area is 382 Å². The van der Waals surface area contributed by atoms with E-state index in [9.17, 15) is 33.9 Å². The van der Waals surface area contributed by atoms with Gasteiger partial charge in [0.05, 0.1) is 55.5 Å². The molecule has 0 unspecified atom stereocenters. The van der Waals surface area contributed by atoms with Crippen LogP contribution in [0.4, 0.5) is 0 Å². The molecule has 0 aliphatic heterocycles. The second-order valence-corrected chi connectivity index (χ2v) is 18.5. The highest BCUT2D eigenvalue weighted by Gasteiger charge is 2.37. The largest absolute Gasteiger partial charge is 0.507 e. The van der Waals surface area contributed by atoms with Crippen molar-refractivity contribution in [3.63, 3.8) is 0 Å². The number of esters is 6. The minimum absolute atomic E-state index is 0.0647. The van der Waals surface area contributed by atoms with E-state index in [0.29, 0.717) is 91.9 Å².